The highest BCUT2D eigenvalue weighted by Gasteiger charge is 2.08. The van der Waals surface area contributed by atoms with Gasteiger partial charge in [-0.15, -0.1) is 5.26 Å². The molecule has 0 fully saturated rings. The Kier molecular flexibility index (Phi) is 5.72. The fourth-order valence-electron chi connectivity index (χ4n) is 0.838. The van der Waals surface area contributed by atoms with E-state index in [-0.39, 0.29) is 0 Å². The molecule has 0 aliphatic carbocycles. The van der Waals surface area contributed by atoms with Gasteiger partial charge in [0.25, 0.3) is 6.26 Å². The third-order valence-electron chi connectivity index (χ3n) is 1.55. The first-order valence-electron chi connectivity index (χ1n) is 4.01. The lowest BCUT2D eigenvalue weighted by Crippen LogP contribution is -2.03. The number of allylic oxidation sites excluding steroid dienone is 1. The van der Waals surface area contributed by atoms with Crippen LogP contribution in [-0.2, 0) is 9.53 Å². The Balaban J connectivity index is 4.00. The Morgan fingerprint density at radius 1 is 1.67 bits per heavy atom. The number of carbonyl (C=O) groups is 1. The van der Waals surface area contributed by atoms with E-state index in [1.807, 2.05) is 6.92 Å². The van der Waals surface area contributed by atoms with Crippen LogP contribution in [0.5, 0.6) is 0 Å². The predicted molar refractivity (Wildman–Crippen MR) is 45.0 cm³/mol. The number of esters is 1. The molecule has 0 aliphatic rings. The molecule has 0 spiro atoms. The number of rotatable bonds is 4. The maximum absolute atomic E-state index is 11.0. The highest BCUT2D eigenvalue weighted by Crippen LogP contribution is 2.08. The first kappa shape index (κ1) is 10.7. The van der Waals surface area contributed by atoms with Gasteiger partial charge in [-0.2, -0.15) is 0 Å². The lowest BCUT2D eigenvalue weighted by Gasteiger charge is -2.00. The standard InChI is InChI=1S/C9H13NO2/c1-3-5-6-8(4-2)9(11)12-7-10/h4H,3,5-6H2,1-2H3. The first-order chi connectivity index (χ1) is 5.76. The van der Waals surface area contributed by atoms with Crippen molar-refractivity contribution in [2.75, 3.05) is 0 Å². The van der Waals surface area contributed by atoms with Gasteiger partial charge < -0.3 is 4.74 Å². The Hall–Kier alpha value is -1.30. The van der Waals surface area contributed by atoms with Gasteiger partial charge in [0.15, 0.2) is 0 Å². The van der Waals surface area contributed by atoms with Crippen LogP contribution in [0, 0.1) is 11.5 Å². The Labute approximate surface area is 72.6 Å². The van der Waals surface area contributed by atoms with Crippen molar-refractivity contribution in [1.82, 2.24) is 0 Å². The van der Waals surface area contributed by atoms with Crippen LogP contribution in [0.4, 0.5) is 0 Å². The van der Waals surface area contributed by atoms with E-state index in [2.05, 4.69) is 4.74 Å². The molecular weight excluding hydrogens is 154 g/mol. The zero-order chi connectivity index (χ0) is 9.40. The molecule has 0 bridgehead atoms. The molecule has 0 aromatic carbocycles. The van der Waals surface area contributed by atoms with Crippen molar-refractivity contribution in [3.8, 4) is 6.26 Å². The third-order valence-corrected chi connectivity index (χ3v) is 1.55. The number of hydrogen-bond acceptors (Lipinski definition) is 3. The van der Waals surface area contributed by atoms with E-state index in [1.165, 1.54) is 6.26 Å². The fraction of sp³-hybridized carbons (Fsp3) is 0.556. The van der Waals surface area contributed by atoms with Crippen molar-refractivity contribution in [3.63, 3.8) is 0 Å². The summed E-state index contributed by atoms with van der Waals surface area (Å²) in [7, 11) is 0. The summed E-state index contributed by atoms with van der Waals surface area (Å²) in [5.74, 6) is -0.520. The van der Waals surface area contributed by atoms with Crippen LogP contribution in [0.2, 0.25) is 0 Å². The van der Waals surface area contributed by atoms with Gasteiger partial charge in [0.2, 0.25) is 0 Å². The Morgan fingerprint density at radius 3 is 2.75 bits per heavy atom. The first-order valence-corrected chi connectivity index (χ1v) is 4.01. The monoisotopic (exact) mass is 167 g/mol. The van der Waals surface area contributed by atoms with Crippen molar-refractivity contribution >= 4 is 5.97 Å². The van der Waals surface area contributed by atoms with E-state index in [0.717, 1.165) is 12.8 Å². The minimum absolute atomic E-state index is 0.520. The largest absolute Gasteiger partial charge is 0.349 e. The summed E-state index contributed by atoms with van der Waals surface area (Å²) in [5.41, 5.74) is 0.582. The number of ether oxygens (including phenoxy) is 1. The van der Waals surface area contributed by atoms with Crippen LogP contribution in [0.25, 0.3) is 0 Å². The van der Waals surface area contributed by atoms with E-state index in [9.17, 15) is 4.79 Å². The molecule has 66 valence electrons. The smallest absolute Gasteiger partial charge is 0.347 e. The van der Waals surface area contributed by atoms with E-state index >= 15 is 0 Å². The molecule has 0 radical (unpaired) electrons. The molecule has 0 saturated heterocycles. The van der Waals surface area contributed by atoms with E-state index in [4.69, 9.17) is 5.26 Å². The van der Waals surface area contributed by atoms with Gasteiger partial charge in [-0.05, 0) is 19.8 Å². The van der Waals surface area contributed by atoms with Crippen molar-refractivity contribution in [1.29, 1.82) is 5.26 Å². The predicted octanol–water partition coefficient (Wildman–Crippen LogP) is 2.15. The van der Waals surface area contributed by atoms with Crippen molar-refractivity contribution in [3.05, 3.63) is 11.6 Å². The highest BCUT2D eigenvalue weighted by atomic mass is 16.5. The van der Waals surface area contributed by atoms with Crippen LogP contribution < -0.4 is 0 Å². The van der Waals surface area contributed by atoms with E-state index < -0.39 is 5.97 Å². The average molecular weight is 167 g/mol. The average Bonchev–Trinajstić information content (AvgIpc) is 2.06. The summed E-state index contributed by atoms with van der Waals surface area (Å²) in [6.07, 6.45) is 5.72. The highest BCUT2D eigenvalue weighted by molar-refractivity contribution is 5.88. The lowest BCUT2D eigenvalue weighted by atomic mass is 10.1. The number of nitrogens with zero attached hydrogens (tertiary/aromatic N) is 1. The minimum Gasteiger partial charge on any atom is -0.347 e. The van der Waals surface area contributed by atoms with Crippen LogP contribution in [0.15, 0.2) is 11.6 Å². The molecule has 0 atom stereocenters. The van der Waals surface area contributed by atoms with Crippen molar-refractivity contribution in [2.45, 2.75) is 33.1 Å². The molecular formula is C9H13NO2. The van der Waals surface area contributed by atoms with E-state index in [0.29, 0.717) is 12.0 Å². The maximum Gasteiger partial charge on any atom is 0.349 e. The molecule has 0 aliphatic heterocycles. The lowest BCUT2D eigenvalue weighted by molar-refractivity contribution is -0.132. The molecule has 0 amide bonds. The number of hydrogen-bond donors (Lipinski definition) is 0. The molecule has 0 rings (SSSR count). The fourth-order valence-corrected chi connectivity index (χ4v) is 0.838. The summed E-state index contributed by atoms with van der Waals surface area (Å²) >= 11 is 0. The molecule has 0 saturated carbocycles. The van der Waals surface area contributed by atoms with Crippen LogP contribution in [0.3, 0.4) is 0 Å². The molecule has 0 aromatic heterocycles. The van der Waals surface area contributed by atoms with Gasteiger partial charge in [0.1, 0.15) is 0 Å². The van der Waals surface area contributed by atoms with Gasteiger partial charge in [-0.3, -0.25) is 0 Å². The molecule has 3 heteroatoms. The van der Waals surface area contributed by atoms with Gasteiger partial charge in [0.05, 0.1) is 0 Å². The van der Waals surface area contributed by atoms with Crippen LogP contribution in [0.1, 0.15) is 33.1 Å². The molecule has 0 aromatic rings. The molecule has 3 nitrogen and oxygen atoms in total. The topological polar surface area (TPSA) is 50.1 Å². The number of nitriles is 1. The number of unbranched alkanes of at least 4 members (excludes halogenated alkanes) is 1. The van der Waals surface area contributed by atoms with Gasteiger partial charge in [-0.1, -0.05) is 19.4 Å². The summed E-state index contributed by atoms with van der Waals surface area (Å²) in [4.78, 5) is 11.0. The van der Waals surface area contributed by atoms with E-state index in [1.54, 1.807) is 13.0 Å². The second kappa shape index (κ2) is 6.41. The molecule has 12 heavy (non-hydrogen) atoms. The molecule has 0 N–H and O–H groups in total. The van der Waals surface area contributed by atoms with Crippen LogP contribution in [-0.4, -0.2) is 5.97 Å². The summed E-state index contributed by atoms with van der Waals surface area (Å²) in [6.45, 7) is 3.81. The summed E-state index contributed by atoms with van der Waals surface area (Å²) in [5, 5.41) is 8.09. The normalized spacial score (nSPS) is 10.6. The van der Waals surface area contributed by atoms with Crippen LogP contribution >= 0.6 is 0 Å². The van der Waals surface area contributed by atoms with Crippen molar-refractivity contribution in [2.24, 2.45) is 0 Å². The third kappa shape index (κ3) is 3.77. The second-order valence-corrected chi connectivity index (χ2v) is 2.40. The van der Waals surface area contributed by atoms with Crippen molar-refractivity contribution < 1.29 is 9.53 Å². The van der Waals surface area contributed by atoms with Gasteiger partial charge >= 0.3 is 5.97 Å². The minimum atomic E-state index is -0.520. The molecule has 0 heterocycles. The maximum atomic E-state index is 11.0. The zero-order valence-electron chi connectivity index (χ0n) is 7.46. The SMILES string of the molecule is CC=C(CCCC)C(=O)OC#N. The number of carbonyl (C=O) groups excluding carboxylic acids is 1. The van der Waals surface area contributed by atoms with Gasteiger partial charge in [-0.25, -0.2) is 4.79 Å². The molecule has 0 unspecified atom stereocenters. The second-order valence-electron chi connectivity index (χ2n) is 2.40. The summed E-state index contributed by atoms with van der Waals surface area (Å²) < 4.78 is 4.19. The Bertz CT molecular complexity index is 213. The zero-order valence-corrected chi connectivity index (χ0v) is 7.46. The Morgan fingerprint density at radius 2 is 2.33 bits per heavy atom. The summed E-state index contributed by atoms with van der Waals surface area (Å²) in [6, 6.07) is 0. The quantitative estimate of drug-likeness (QED) is 0.366. The van der Waals surface area contributed by atoms with Gasteiger partial charge in [0, 0.05) is 5.57 Å².